The van der Waals surface area contributed by atoms with Crippen LogP contribution in [0.2, 0.25) is 0 Å². The number of aromatic nitrogens is 1. The fourth-order valence-corrected chi connectivity index (χ4v) is 1.82. The SMILES string of the molecule is CNc1cc([N+](=O)[O-])cc(NCC(C)(C)CCCO)n1. The second kappa shape index (κ2) is 7.04. The van der Waals surface area contributed by atoms with Gasteiger partial charge in [-0.2, -0.15) is 0 Å². The van der Waals surface area contributed by atoms with Gasteiger partial charge in [-0.1, -0.05) is 13.8 Å². The zero-order chi connectivity index (χ0) is 15.2. The largest absolute Gasteiger partial charge is 0.396 e. The molecule has 0 saturated carbocycles. The number of hydrogen-bond donors (Lipinski definition) is 3. The molecule has 20 heavy (non-hydrogen) atoms. The molecule has 1 rings (SSSR count). The lowest BCUT2D eigenvalue weighted by molar-refractivity contribution is -0.384. The van der Waals surface area contributed by atoms with Gasteiger partial charge in [0, 0.05) is 20.2 Å². The quantitative estimate of drug-likeness (QED) is 0.499. The number of nitrogens with zero attached hydrogens (tertiary/aromatic N) is 2. The Kier molecular flexibility index (Phi) is 5.69. The number of anilines is 2. The summed E-state index contributed by atoms with van der Waals surface area (Å²) in [6.07, 6.45) is 1.60. The molecule has 1 aromatic rings. The zero-order valence-corrected chi connectivity index (χ0v) is 12.1. The van der Waals surface area contributed by atoms with E-state index in [1.165, 1.54) is 12.1 Å². The standard InChI is InChI=1S/C13H22N4O3/c1-13(2,5-4-6-18)9-15-12-8-10(17(19)20)7-11(14-3)16-12/h7-8,18H,4-6,9H2,1-3H3,(H2,14,15,16). The van der Waals surface area contributed by atoms with Crippen LogP contribution in [0, 0.1) is 15.5 Å². The maximum absolute atomic E-state index is 10.9. The lowest BCUT2D eigenvalue weighted by Gasteiger charge is -2.25. The summed E-state index contributed by atoms with van der Waals surface area (Å²) in [7, 11) is 1.67. The number of pyridine rings is 1. The van der Waals surface area contributed by atoms with E-state index in [1.807, 2.05) is 0 Å². The monoisotopic (exact) mass is 282 g/mol. The molecule has 3 N–H and O–H groups in total. The molecule has 0 saturated heterocycles. The number of aliphatic hydroxyl groups is 1. The van der Waals surface area contributed by atoms with Crippen LogP contribution in [0.5, 0.6) is 0 Å². The first-order valence-electron chi connectivity index (χ1n) is 6.57. The molecule has 0 spiro atoms. The molecule has 0 aliphatic carbocycles. The summed E-state index contributed by atoms with van der Waals surface area (Å²) < 4.78 is 0. The predicted octanol–water partition coefficient (Wildman–Crippen LogP) is 2.24. The van der Waals surface area contributed by atoms with Crippen LogP contribution in [0.4, 0.5) is 17.3 Å². The van der Waals surface area contributed by atoms with Crippen molar-refractivity contribution in [1.29, 1.82) is 0 Å². The van der Waals surface area contributed by atoms with Gasteiger partial charge in [-0.3, -0.25) is 10.1 Å². The first-order chi connectivity index (χ1) is 9.38. The van der Waals surface area contributed by atoms with Gasteiger partial charge in [-0.05, 0) is 18.3 Å². The molecule has 0 radical (unpaired) electrons. The fraction of sp³-hybridized carbons (Fsp3) is 0.615. The van der Waals surface area contributed by atoms with Crippen molar-refractivity contribution in [3.63, 3.8) is 0 Å². The number of aliphatic hydroxyl groups excluding tert-OH is 1. The normalized spacial score (nSPS) is 11.2. The van der Waals surface area contributed by atoms with Gasteiger partial charge in [0.2, 0.25) is 0 Å². The predicted molar refractivity (Wildman–Crippen MR) is 79.0 cm³/mol. The van der Waals surface area contributed by atoms with Crippen LogP contribution in [-0.4, -0.2) is 35.2 Å². The highest BCUT2D eigenvalue weighted by atomic mass is 16.6. The minimum atomic E-state index is -0.440. The molecule has 0 unspecified atom stereocenters. The maximum atomic E-state index is 10.9. The van der Waals surface area contributed by atoms with Gasteiger partial charge in [0.1, 0.15) is 11.6 Å². The molecular weight excluding hydrogens is 260 g/mol. The zero-order valence-electron chi connectivity index (χ0n) is 12.1. The van der Waals surface area contributed by atoms with Gasteiger partial charge >= 0.3 is 0 Å². The highest BCUT2D eigenvalue weighted by Crippen LogP contribution is 2.25. The Morgan fingerprint density at radius 3 is 2.60 bits per heavy atom. The highest BCUT2D eigenvalue weighted by molar-refractivity contribution is 5.54. The van der Waals surface area contributed by atoms with E-state index in [9.17, 15) is 10.1 Å². The Bertz CT molecular complexity index is 463. The third-order valence-corrected chi connectivity index (χ3v) is 3.04. The van der Waals surface area contributed by atoms with E-state index in [1.54, 1.807) is 7.05 Å². The van der Waals surface area contributed by atoms with E-state index in [4.69, 9.17) is 5.11 Å². The molecule has 112 valence electrons. The molecule has 7 heteroatoms. The Labute approximate surface area is 118 Å². The van der Waals surface area contributed by atoms with Crippen LogP contribution in [-0.2, 0) is 0 Å². The lowest BCUT2D eigenvalue weighted by atomic mass is 9.88. The third kappa shape index (κ3) is 5.00. The van der Waals surface area contributed by atoms with Crippen molar-refractivity contribution in [3.05, 3.63) is 22.2 Å². The molecule has 7 nitrogen and oxygen atoms in total. The summed E-state index contributed by atoms with van der Waals surface area (Å²) in [5.41, 5.74) is -0.0190. The molecule has 0 bridgehead atoms. The summed E-state index contributed by atoms with van der Waals surface area (Å²) in [5, 5.41) is 25.7. The van der Waals surface area contributed by atoms with E-state index in [0.29, 0.717) is 18.2 Å². The van der Waals surface area contributed by atoms with Crippen molar-refractivity contribution >= 4 is 17.3 Å². The van der Waals surface area contributed by atoms with Crippen LogP contribution in [0.15, 0.2) is 12.1 Å². The van der Waals surface area contributed by atoms with Gasteiger partial charge in [0.05, 0.1) is 17.1 Å². The Balaban J connectivity index is 2.76. The van der Waals surface area contributed by atoms with Crippen molar-refractivity contribution in [2.75, 3.05) is 30.8 Å². The number of nitro groups is 1. The van der Waals surface area contributed by atoms with Crippen molar-refractivity contribution < 1.29 is 10.0 Å². The highest BCUT2D eigenvalue weighted by Gasteiger charge is 2.18. The molecule has 0 amide bonds. The summed E-state index contributed by atoms with van der Waals surface area (Å²) in [5.74, 6) is 0.926. The maximum Gasteiger partial charge on any atom is 0.276 e. The smallest absolute Gasteiger partial charge is 0.276 e. The van der Waals surface area contributed by atoms with Crippen LogP contribution >= 0.6 is 0 Å². The van der Waals surface area contributed by atoms with Gasteiger partial charge in [0.15, 0.2) is 0 Å². The second-order valence-corrected chi connectivity index (χ2v) is 5.45. The van der Waals surface area contributed by atoms with Crippen molar-refractivity contribution in [3.8, 4) is 0 Å². The van der Waals surface area contributed by atoms with E-state index in [-0.39, 0.29) is 17.7 Å². The van der Waals surface area contributed by atoms with Crippen LogP contribution in [0.3, 0.4) is 0 Å². The molecular formula is C13H22N4O3. The molecule has 1 heterocycles. The number of nitrogens with one attached hydrogen (secondary N) is 2. The molecule has 0 aromatic carbocycles. The summed E-state index contributed by atoms with van der Waals surface area (Å²) in [6, 6.07) is 2.81. The molecule has 1 aromatic heterocycles. The van der Waals surface area contributed by atoms with Gasteiger partial charge in [-0.15, -0.1) is 0 Å². The first-order valence-corrected chi connectivity index (χ1v) is 6.57. The van der Waals surface area contributed by atoms with E-state index in [0.717, 1.165) is 12.8 Å². The Morgan fingerprint density at radius 2 is 2.05 bits per heavy atom. The summed E-state index contributed by atoms with van der Waals surface area (Å²) in [4.78, 5) is 14.7. The molecule has 0 aliphatic heterocycles. The molecule has 0 fully saturated rings. The van der Waals surface area contributed by atoms with Crippen LogP contribution in [0.25, 0.3) is 0 Å². The second-order valence-electron chi connectivity index (χ2n) is 5.45. The van der Waals surface area contributed by atoms with Gasteiger partial charge in [-0.25, -0.2) is 4.98 Å². The molecule has 0 aliphatic rings. The average Bonchev–Trinajstić information content (AvgIpc) is 2.42. The van der Waals surface area contributed by atoms with Crippen molar-refractivity contribution in [1.82, 2.24) is 4.98 Å². The average molecular weight is 282 g/mol. The van der Waals surface area contributed by atoms with Crippen molar-refractivity contribution in [2.45, 2.75) is 26.7 Å². The summed E-state index contributed by atoms with van der Waals surface area (Å²) in [6.45, 7) is 4.95. The van der Waals surface area contributed by atoms with E-state index in [2.05, 4.69) is 29.5 Å². The fourth-order valence-electron chi connectivity index (χ4n) is 1.82. The van der Waals surface area contributed by atoms with Crippen LogP contribution in [0.1, 0.15) is 26.7 Å². The number of rotatable bonds is 8. The molecule has 0 atom stereocenters. The summed E-state index contributed by atoms with van der Waals surface area (Å²) >= 11 is 0. The van der Waals surface area contributed by atoms with Crippen molar-refractivity contribution in [2.24, 2.45) is 5.41 Å². The minimum Gasteiger partial charge on any atom is -0.396 e. The van der Waals surface area contributed by atoms with E-state index < -0.39 is 4.92 Å². The lowest BCUT2D eigenvalue weighted by Crippen LogP contribution is -2.24. The Hall–Kier alpha value is -1.89. The topological polar surface area (TPSA) is 100 Å². The first kappa shape index (κ1) is 16.2. The van der Waals surface area contributed by atoms with E-state index >= 15 is 0 Å². The Morgan fingerprint density at radius 1 is 1.40 bits per heavy atom. The minimum absolute atomic E-state index is 0.0000133. The van der Waals surface area contributed by atoms with Crippen LogP contribution < -0.4 is 10.6 Å². The van der Waals surface area contributed by atoms with Gasteiger partial charge < -0.3 is 15.7 Å². The third-order valence-electron chi connectivity index (χ3n) is 3.04. The number of hydrogen-bond acceptors (Lipinski definition) is 6. The van der Waals surface area contributed by atoms with Gasteiger partial charge in [0.25, 0.3) is 5.69 Å².